The molecule has 0 fully saturated rings. The van der Waals surface area contributed by atoms with Crippen LogP contribution in [0.3, 0.4) is 0 Å². The third-order valence-corrected chi connectivity index (χ3v) is 3.21. The van der Waals surface area contributed by atoms with Crippen LogP contribution in [0, 0.1) is 24.0 Å². The minimum absolute atomic E-state index is 0.00175. The maximum Gasteiger partial charge on any atom is 0.277 e. The first-order valence-electron chi connectivity index (χ1n) is 7.22. The fourth-order valence-corrected chi connectivity index (χ4v) is 1.90. The van der Waals surface area contributed by atoms with E-state index >= 15 is 0 Å². The first kappa shape index (κ1) is 17.1. The van der Waals surface area contributed by atoms with E-state index < -0.39 is 10.8 Å². The predicted octanol–water partition coefficient (Wildman–Crippen LogP) is 2.74. The average molecular weight is 327 g/mol. The summed E-state index contributed by atoms with van der Waals surface area (Å²) >= 11 is 0. The van der Waals surface area contributed by atoms with E-state index in [0.717, 1.165) is 11.1 Å². The molecule has 0 atom stereocenters. The van der Waals surface area contributed by atoms with Gasteiger partial charge in [-0.2, -0.15) is 5.10 Å². The summed E-state index contributed by atoms with van der Waals surface area (Å²) in [6.07, 6.45) is 1.40. The fourth-order valence-electron chi connectivity index (χ4n) is 1.90. The number of hydrogen-bond acceptors (Lipinski definition) is 5. The Morgan fingerprint density at radius 3 is 2.62 bits per heavy atom. The Labute approximate surface area is 139 Å². The van der Waals surface area contributed by atoms with Crippen molar-refractivity contribution in [2.45, 2.75) is 13.8 Å². The molecule has 124 valence electrons. The third-order valence-electron chi connectivity index (χ3n) is 3.21. The Morgan fingerprint density at radius 1 is 1.25 bits per heavy atom. The Morgan fingerprint density at radius 2 is 1.96 bits per heavy atom. The highest BCUT2D eigenvalue weighted by molar-refractivity contribution is 5.83. The SMILES string of the molecule is Cc1ccc(C)c(OCC(=O)NN=Cc2ccc([N+](=O)[O-])cc2)c1. The van der Waals surface area contributed by atoms with Crippen molar-refractivity contribution in [1.82, 2.24) is 5.43 Å². The van der Waals surface area contributed by atoms with Gasteiger partial charge in [0.25, 0.3) is 11.6 Å². The molecule has 0 aromatic heterocycles. The van der Waals surface area contributed by atoms with Gasteiger partial charge in [-0.3, -0.25) is 14.9 Å². The summed E-state index contributed by atoms with van der Waals surface area (Å²) in [6, 6.07) is 11.6. The van der Waals surface area contributed by atoms with Crippen molar-refractivity contribution in [3.63, 3.8) is 0 Å². The van der Waals surface area contributed by atoms with Gasteiger partial charge >= 0.3 is 0 Å². The first-order valence-corrected chi connectivity index (χ1v) is 7.22. The summed E-state index contributed by atoms with van der Waals surface area (Å²) in [5.74, 6) is 0.263. The van der Waals surface area contributed by atoms with Gasteiger partial charge in [-0.05, 0) is 48.7 Å². The molecule has 0 spiro atoms. The number of carbonyl (C=O) groups excluding carboxylic acids is 1. The van der Waals surface area contributed by atoms with Crippen molar-refractivity contribution in [1.29, 1.82) is 0 Å². The second kappa shape index (κ2) is 7.87. The molecular weight excluding hydrogens is 310 g/mol. The highest BCUT2D eigenvalue weighted by Crippen LogP contribution is 2.18. The van der Waals surface area contributed by atoms with E-state index in [0.29, 0.717) is 11.3 Å². The number of nitrogens with one attached hydrogen (secondary N) is 1. The molecule has 0 unspecified atom stereocenters. The van der Waals surface area contributed by atoms with Crippen LogP contribution in [-0.4, -0.2) is 23.7 Å². The third kappa shape index (κ3) is 4.91. The Kier molecular flexibility index (Phi) is 5.62. The highest BCUT2D eigenvalue weighted by Gasteiger charge is 2.05. The van der Waals surface area contributed by atoms with E-state index in [-0.39, 0.29) is 12.3 Å². The van der Waals surface area contributed by atoms with Crippen molar-refractivity contribution in [3.8, 4) is 5.75 Å². The number of amides is 1. The Bertz CT molecular complexity index is 770. The zero-order valence-electron chi connectivity index (χ0n) is 13.4. The number of rotatable bonds is 6. The number of hydrazone groups is 1. The fraction of sp³-hybridized carbons (Fsp3) is 0.176. The number of benzene rings is 2. The molecule has 0 aliphatic rings. The van der Waals surface area contributed by atoms with Crippen LogP contribution >= 0.6 is 0 Å². The van der Waals surface area contributed by atoms with Crippen molar-refractivity contribution < 1.29 is 14.5 Å². The van der Waals surface area contributed by atoms with Gasteiger partial charge in [0.2, 0.25) is 0 Å². The number of ether oxygens (including phenoxy) is 1. The molecule has 0 aliphatic heterocycles. The van der Waals surface area contributed by atoms with Crippen LogP contribution < -0.4 is 10.2 Å². The molecule has 0 aliphatic carbocycles. The normalized spacial score (nSPS) is 10.6. The second-order valence-electron chi connectivity index (χ2n) is 5.20. The van der Waals surface area contributed by atoms with E-state index in [1.54, 1.807) is 12.1 Å². The van der Waals surface area contributed by atoms with Gasteiger partial charge in [0.1, 0.15) is 5.75 Å². The van der Waals surface area contributed by atoms with E-state index in [9.17, 15) is 14.9 Å². The molecule has 24 heavy (non-hydrogen) atoms. The standard InChI is InChI=1S/C17H17N3O4/c1-12-3-4-13(2)16(9-12)24-11-17(21)19-18-10-14-5-7-15(8-6-14)20(22)23/h3-10H,11H2,1-2H3,(H,19,21). The van der Waals surface area contributed by atoms with Crippen LogP contribution in [0.4, 0.5) is 5.69 Å². The largest absolute Gasteiger partial charge is 0.483 e. The zero-order valence-corrected chi connectivity index (χ0v) is 13.4. The molecule has 0 saturated carbocycles. The van der Waals surface area contributed by atoms with Crippen LogP contribution in [0.15, 0.2) is 47.6 Å². The summed E-state index contributed by atoms with van der Waals surface area (Å²) in [7, 11) is 0. The van der Waals surface area contributed by atoms with Gasteiger partial charge in [0, 0.05) is 12.1 Å². The molecule has 1 N–H and O–H groups in total. The van der Waals surface area contributed by atoms with Gasteiger partial charge < -0.3 is 4.74 Å². The summed E-state index contributed by atoms with van der Waals surface area (Å²) in [6.45, 7) is 3.70. The lowest BCUT2D eigenvalue weighted by Gasteiger charge is -2.08. The van der Waals surface area contributed by atoms with Gasteiger partial charge in [-0.25, -0.2) is 5.43 Å². The molecule has 0 radical (unpaired) electrons. The average Bonchev–Trinajstić information content (AvgIpc) is 2.56. The molecule has 7 heteroatoms. The van der Waals surface area contributed by atoms with Gasteiger partial charge in [0.15, 0.2) is 6.61 Å². The second-order valence-corrected chi connectivity index (χ2v) is 5.20. The predicted molar refractivity (Wildman–Crippen MR) is 90.2 cm³/mol. The highest BCUT2D eigenvalue weighted by atomic mass is 16.6. The number of hydrogen-bond donors (Lipinski definition) is 1. The summed E-state index contributed by atoms with van der Waals surface area (Å²) in [5, 5.41) is 14.3. The van der Waals surface area contributed by atoms with Crippen LogP contribution in [-0.2, 0) is 4.79 Å². The zero-order chi connectivity index (χ0) is 17.5. The summed E-state index contributed by atoms with van der Waals surface area (Å²) < 4.78 is 5.46. The molecule has 0 saturated heterocycles. The lowest BCUT2D eigenvalue weighted by atomic mass is 10.1. The molecule has 2 aromatic rings. The lowest BCUT2D eigenvalue weighted by Crippen LogP contribution is -2.24. The number of nitro groups is 1. The Balaban J connectivity index is 1.84. The van der Waals surface area contributed by atoms with Crippen LogP contribution in [0.5, 0.6) is 5.75 Å². The molecule has 1 amide bonds. The van der Waals surface area contributed by atoms with E-state index in [2.05, 4.69) is 10.5 Å². The van der Waals surface area contributed by atoms with Crippen molar-refractivity contribution in [2.75, 3.05) is 6.61 Å². The molecular formula is C17H17N3O4. The lowest BCUT2D eigenvalue weighted by molar-refractivity contribution is -0.384. The van der Waals surface area contributed by atoms with Crippen molar-refractivity contribution in [3.05, 3.63) is 69.3 Å². The number of nitro benzene ring substituents is 1. The minimum atomic E-state index is -0.479. The van der Waals surface area contributed by atoms with Crippen LogP contribution in [0.25, 0.3) is 0 Å². The van der Waals surface area contributed by atoms with Crippen LogP contribution in [0.1, 0.15) is 16.7 Å². The molecule has 2 rings (SSSR count). The summed E-state index contributed by atoms with van der Waals surface area (Å²) in [5.41, 5.74) is 4.97. The quantitative estimate of drug-likeness (QED) is 0.501. The van der Waals surface area contributed by atoms with Gasteiger partial charge in [-0.15, -0.1) is 0 Å². The number of aryl methyl sites for hydroxylation is 2. The van der Waals surface area contributed by atoms with E-state index in [4.69, 9.17) is 4.74 Å². The molecule has 7 nitrogen and oxygen atoms in total. The summed E-state index contributed by atoms with van der Waals surface area (Å²) in [4.78, 5) is 21.8. The van der Waals surface area contributed by atoms with Gasteiger partial charge in [-0.1, -0.05) is 12.1 Å². The van der Waals surface area contributed by atoms with Gasteiger partial charge in [0.05, 0.1) is 11.1 Å². The number of non-ortho nitro benzene ring substituents is 1. The number of carbonyl (C=O) groups is 1. The molecule has 2 aromatic carbocycles. The number of nitrogens with zero attached hydrogens (tertiary/aromatic N) is 2. The first-order chi connectivity index (χ1) is 11.5. The molecule has 0 bridgehead atoms. The topological polar surface area (TPSA) is 93.8 Å². The Hall–Kier alpha value is -3.22. The van der Waals surface area contributed by atoms with Crippen molar-refractivity contribution >= 4 is 17.8 Å². The maximum absolute atomic E-state index is 11.7. The smallest absolute Gasteiger partial charge is 0.277 e. The van der Waals surface area contributed by atoms with Crippen molar-refractivity contribution in [2.24, 2.45) is 5.10 Å². The monoisotopic (exact) mass is 327 g/mol. The van der Waals surface area contributed by atoms with E-state index in [1.165, 1.54) is 18.3 Å². The minimum Gasteiger partial charge on any atom is -0.483 e. The van der Waals surface area contributed by atoms with Crippen LogP contribution in [0.2, 0.25) is 0 Å². The van der Waals surface area contributed by atoms with E-state index in [1.807, 2.05) is 32.0 Å². The maximum atomic E-state index is 11.7. The molecule has 0 heterocycles.